The number of nitrogens with zero attached hydrogens (tertiary/aromatic N) is 1. The van der Waals surface area contributed by atoms with Gasteiger partial charge in [0.2, 0.25) is 0 Å². The second-order valence-corrected chi connectivity index (χ2v) is 6.72. The number of H-pyrrole nitrogens is 1. The highest BCUT2D eigenvalue weighted by Gasteiger charge is 2.16. The SMILES string of the molecule is Cc1ccc(NC(=O)c2c[nH]c(=O)n(Cc3ccccc3Cl)c2=O)cc1Cl. The number of anilines is 1. The van der Waals surface area contributed by atoms with Crippen LogP contribution in [-0.2, 0) is 6.54 Å². The third-order valence-corrected chi connectivity index (χ3v) is 4.80. The van der Waals surface area contributed by atoms with Gasteiger partial charge < -0.3 is 10.3 Å². The van der Waals surface area contributed by atoms with Gasteiger partial charge in [-0.1, -0.05) is 47.5 Å². The van der Waals surface area contributed by atoms with Gasteiger partial charge >= 0.3 is 5.69 Å². The first-order valence-electron chi connectivity index (χ1n) is 8.00. The first-order valence-corrected chi connectivity index (χ1v) is 8.76. The second-order valence-electron chi connectivity index (χ2n) is 5.91. The number of carbonyl (C=O) groups is 1. The normalized spacial score (nSPS) is 10.6. The molecule has 2 aromatic carbocycles. The molecule has 0 saturated carbocycles. The summed E-state index contributed by atoms with van der Waals surface area (Å²) in [5.74, 6) is -0.649. The molecule has 0 atom stereocenters. The number of hydrogen-bond donors (Lipinski definition) is 2. The summed E-state index contributed by atoms with van der Waals surface area (Å²) in [5, 5.41) is 3.52. The zero-order valence-electron chi connectivity index (χ0n) is 14.3. The van der Waals surface area contributed by atoms with E-state index in [9.17, 15) is 14.4 Å². The number of halogens is 2. The van der Waals surface area contributed by atoms with Gasteiger partial charge in [-0.3, -0.25) is 14.2 Å². The molecule has 0 aliphatic heterocycles. The molecule has 8 heteroatoms. The molecule has 6 nitrogen and oxygen atoms in total. The number of aromatic nitrogens is 2. The molecule has 0 unspecified atom stereocenters. The average Bonchev–Trinajstić information content (AvgIpc) is 2.63. The fourth-order valence-corrected chi connectivity index (χ4v) is 2.86. The number of rotatable bonds is 4. The van der Waals surface area contributed by atoms with Gasteiger partial charge in [0.1, 0.15) is 5.56 Å². The summed E-state index contributed by atoms with van der Waals surface area (Å²) in [7, 11) is 0. The van der Waals surface area contributed by atoms with Crippen LogP contribution in [0.1, 0.15) is 21.5 Å². The molecule has 2 N–H and O–H groups in total. The molecule has 0 spiro atoms. The topological polar surface area (TPSA) is 84.0 Å². The minimum Gasteiger partial charge on any atom is -0.322 e. The van der Waals surface area contributed by atoms with Gasteiger partial charge in [-0.25, -0.2) is 4.79 Å². The van der Waals surface area contributed by atoms with Crippen molar-refractivity contribution in [3.05, 3.63) is 96.2 Å². The standard InChI is InChI=1S/C19H15Cl2N3O3/c1-11-6-7-13(8-16(11)21)23-17(25)14-9-22-19(27)24(18(14)26)10-12-4-2-3-5-15(12)20/h2-9H,10H2,1H3,(H,22,27)(H,23,25). The number of aryl methyl sites for hydroxylation is 1. The number of hydrogen-bond acceptors (Lipinski definition) is 3. The first kappa shape index (κ1) is 18.9. The Kier molecular flexibility index (Phi) is 5.48. The van der Waals surface area contributed by atoms with E-state index in [1.54, 1.807) is 42.5 Å². The zero-order valence-corrected chi connectivity index (χ0v) is 15.8. The molecule has 1 heterocycles. The van der Waals surface area contributed by atoms with Crippen molar-refractivity contribution in [1.82, 2.24) is 9.55 Å². The molecule has 3 rings (SSSR count). The lowest BCUT2D eigenvalue weighted by Crippen LogP contribution is -2.39. The highest BCUT2D eigenvalue weighted by Crippen LogP contribution is 2.20. The molecule has 27 heavy (non-hydrogen) atoms. The Morgan fingerprint density at radius 1 is 1.11 bits per heavy atom. The monoisotopic (exact) mass is 403 g/mol. The largest absolute Gasteiger partial charge is 0.328 e. The van der Waals surface area contributed by atoms with Crippen LogP contribution in [-0.4, -0.2) is 15.5 Å². The summed E-state index contributed by atoms with van der Waals surface area (Å²) < 4.78 is 0.929. The summed E-state index contributed by atoms with van der Waals surface area (Å²) >= 11 is 12.1. The summed E-state index contributed by atoms with van der Waals surface area (Å²) in [5.41, 5.74) is 0.358. The maximum absolute atomic E-state index is 12.7. The van der Waals surface area contributed by atoms with Crippen LogP contribution in [0.25, 0.3) is 0 Å². The fraction of sp³-hybridized carbons (Fsp3) is 0.105. The van der Waals surface area contributed by atoms with Gasteiger partial charge in [-0.2, -0.15) is 0 Å². The number of amides is 1. The quantitative estimate of drug-likeness (QED) is 0.699. The van der Waals surface area contributed by atoms with E-state index < -0.39 is 17.2 Å². The lowest BCUT2D eigenvalue weighted by atomic mass is 10.2. The van der Waals surface area contributed by atoms with E-state index in [0.717, 1.165) is 16.3 Å². The van der Waals surface area contributed by atoms with E-state index in [2.05, 4.69) is 10.3 Å². The maximum Gasteiger partial charge on any atom is 0.328 e. The van der Waals surface area contributed by atoms with Gasteiger partial charge in [0.15, 0.2) is 0 Å². The zero-order chi connectivity index (χ0) is 19.6. The van der Waals surface area contributed by atoms with Crippen LogP contribution >= 0.6 is 23.2 Å². The van der Waals surface area contributed by atoms with E-state index in [1.165, 1.54) is 0 Å². The highest BCUT2D eigenvalue weighted by molar-refractivity contribution is 6.31. The van der Waals surface area contributed by atoms with Crippen molar-refractivity contribution < 1.29 is 4.79 Å². The molecule has 0 radical (unpaired) electrons. The van der Waals surface area contributed by atoms with Gasteiger partial charge in [-0.15, -0.1) is 0 Å². The number of benzene rings is 2. The predicted molar refractivity (Wildman–Crippen MR) is 106 cm³/mol. The lowest BCUT2D eigenvalue weighted by molar-refractivity contribution is 0.102. The highest BCUT2D eigenvalue weighted by atomic mass is 35.5. The number of aromatic amines is 1. The lowest BCUT2D eigenvalue weighted by Gasteiger charge is -2.10. The van der Waals surface area contributed by atoms with Crippen LogP contribution in [0, 0.1) is 6.92 Å². The van der Waals surface area contributed by atoms with Gasteiger partial charge in [0.25, 0.3) is 11.5 Å². The molecule has 1 amide bonds. The van der Waals surface area contributed by atoms with Crippen molar-refractivity contribution in [2.45, 2.75) is 13.5 Å². The fourth-order valence-electron chi connectivity index (χ4n) is 2.48. The Morgan fingerprint density at radius 2 is 1.85 bits per heavy atom. The van der Waals surface area contributed by atoms with Crippen molar-refractivity contribution in [3.8, 4) is 0 Å². The Balaban J connectivity index is 1.93. The Hall–Kier alpha value is -2.83. The van der Waals surface area contributed by atoms with E-state index >= 15 is 0 Å². The van der Waals surface area contributed by atoms with Crippen molar-refractivity contribution in [1.29, 1.82) is 0 Å². The van der Waals surface area contributed by atoms with Crippen LogP contribution in [0.15, 0.2) is 58.3 Å². The number of carbonyl (C=O) groups excluding carboxylic acids is 1. The van der Waals surface area contributed by atoms with Crippen LogP contribution in [0.4, 0.5) is 5.69 Å². The summed E-state index contributed by atoms with van der Waals surface area (Å²) in [4.78, 5) is 39.7. The molecule has 0 saturated heterocycles. The van der Waals surface area contributed by atoms with Crippen molar-refractivity contribution in [2.75, 3.05) is 5.32 Å². The molecule has 138 valence electrons. The van der Waals surface area contributed by atoms with E-state index in [4.69, 9.17) is 23.2 Å². The van der Waals surface area contributed by atoms with Gasteiger partial charge in [0, 0.05) is 21.9 Å². The third-order valence-electron chi connectivity index (χ3n) is 4.02. The Bertz CT molecular complexity index is 1140. The van der Waals surface area contributed by atoms with E-state index in [0.29, 0.717) is 21.3 Å². The molecule has 0 bridgehead atoms. The Morgan fingerprint density at radius 3 is 2.56 bits per heavy atom. The maximum atomic E-state index is 12.7. The smallest absolute Gasteiger partial charge is 0.322 e. The first-order chi connectivity index (χ1) is 12.9. The second kappa shape index (κ2) is 7.82. The molecular weight excluding hydrogens is 389 g/mol. The summed E-state index contributed by atoms with van der Waals surface area (Å²) in [6.45, 7) is 1.79. The van der Waals surface area contributed by atoms with E-state index in [1.807, 2.05) is 6.92 Å². The molecule has 0 fully saturated rings. The van der Waals surface area contributed by atoms with Crippen molar-refractivity contribution in [2.24, 2.45) is 0 Å². The minimum atomic E-state index is -0.714. The number of nitrogens with one attached hydrogen (secondary N) is 2. The van der Waals surface area contributed by atoms with Crippen molar-refractivity contribution in [3.63, 3.8) is 0 Å². The minimum absolute atomic E-state index is 0.0503. The van der Waals surface area contributed by atoms with Crippen LogP contribution in [0.3, 0.4) is 0 Å². The van der Waals surface area contributed by atoms with Crippen LogP contribution in [0.2, 0.25) is 10.0 Å². The molecular formula is C19H15Cl2N3O3. The third kappa shape index (κ3) is 4.13. The molecule has 1 aromatic heterocycles. The molecule has 0 aliphatic rings. The van der Waals surface area contributed by atoms with Gasteiger partial charge in [0.05, 0.1) is 6.54 Å². The van der Waals surface area contributed by atoms with Crippen LogP contribution < -0.4 is 16.6 Å². The molecule has 3 aromatic rings. The average molecular weight is 404 g/mol. The Labute approximate surface area is 164 Å². The summed E-state index contributed by atoms with van der Waals surface area (Å²) in [6, 6.07) is 11.9. The predicted octanol–water partition coefficient (Wildman–Crippen LogP) is 3.45. The van der Waals surface area contributed by atoms with E-state index in [-0.39, 0.29) is 12.1 Å². The molecule has 0 aliphatic carbocycles. The van der Waals surface area contributed by atoms with Gasteiger partial charge in [-0.05, 0) is 36.2 Å². The van der Waals surface area contributed by atoms with Crippen molar-refractivity contribution >= 4 is 34.8 Å². The van der Waals surface area contributed by atoms with Crippen LogP contribution in [0.5, 0.6) is 0 Å². The summed E-state index contributed by atoms with van der Waals surface area (Å²) in [6.07, 6.45) is 1.10.